The molecule has 56 heavy (non-hydrogen) atoms. The lowest BCUT2D eigenvalue weighted by Crippen LogP contribution is -2.50. The number of carboxylic acids is 1. The van der Waals surface area contributed by atoms with Crippen LogP contribution >= 0.6 is 11.6 Å². The molecule has 19 heteroatoms. The Morgan fingerprint density at radius 2 is 1.52 bits per heavy atom. The molecule has 3 heterocycles. The van der Waals surface area contributed by atoms with E-state index < -0.39 is 52.3 Å². The molecule has 5 N–H and O–H groups in total. The van der Waals surface area contributed by atoms with Gasteiger partial charge in [0.2, 0.25) is 11.8 Å². The first-order chi connectivity index (χ1) is 26.2. The van der Waals surface area contributed by atoms with E-state index in [0.717, 1.165) is 4.57 Å². The number of piperazine rings is 1. The summed E-state index contributed by atoms with van der Waals surface area (Å²) in [7, 11) is 1.95. The third-order valence-electron chi connectivity index (χ3n) is 9.42. The van der Waals surface area contributed by atoms with Gasteiger partial charge in [0.1, 0.15) is 18.1 Å². The van der Waals surface area contributed by atoms with Gasteiger partial charge in [0, 0.05) is 48.7 Å². The van der Waals surface area contributed by atoms with Crippen molar-refractivity contribution in [3.63, 3.8) is 0 Å². The van der Waals surface area contributed by atoms with E-state index in [0.29, 0.717) is 42.8 Å². The first-order valence-corrected chi connectivity index (χ1v) is 18.2. The minimum absolute atomic E-state index is 0.1000. The maximum Gasteiger partial charge on any atom is 0.416 e. The topological polar surface area (TPSA) is 234 Å². The summed E-state index contributed by atoms with van der Waals surface area (Å²) >= 11 is 6.18. The van der Waals surface area contributed by atoms with Crippen molar-refractivity contribution in [2.45, 2.75) is 71.3 Å². The van der Waals surface area contributed by atoms with Gasteiger partial charge in [-0.3, -0.25) is 19.2 Å². The summed E-state index contributed by atoms with van der Waals surface area (Å²) in [6.07, 6.45) is -0.524. The molecular weight excluding hydrogens is 748 g/mol. The van der Waals surface area contributed by atoms with Crippen LogP contribution in [0.25, 0.3) is 16.6 Å². The molecule has 298 valence electrons. The number of rotatable bonds is 9. The highest BCUT2D eigenvalue weighted by atomic mass is 35.5. The van der Waals surface area contributed by atoms with E-state index >= 15 is 0 Å². The van der Waals surface area contributed by atoms with Crippen molar-refractivity contribution in [1.82, 2.24) is 39.9 Å². The molecule has 1 aliphatic heterocycles. The van der Waals surface area contributed by atoms with Crippen LogP contribution in [-0.2, 0) is 30.0 Å². The van der Waals surface area contributed by atoms with Gasteiger partial charge in [-0.15, -0.1) is 5.10 Å². The van der Waals surface area contributed by atoms with Gasteiger partial charge < -0.3 is 36.0 Å². The Balaban J connectivity index is 1.52. The van der Waals surface area contributed by atoms with Crippen LogP contribution in [0.1, 0.15) is 76.0 Å². The zero-order chi connectivity index (χ0) is 41.3. The Morgan fingerprint density at radius 1 is 0.857 bits per heavy atom. The number of halogens is 1. The van der Waals surface area contributed by atoms with Gasteiger partial charge in [0.15, 0.2) is 0 Å². The van der Waals surface area contributed by atoms with E-state index in [1.807, 2.05) is 27.8 Å². The molecule has 1 aliphatic rings. The standard InChI is InChI=1S/C37H45ClN10O8/c1-36(2,3)28-21(9-12-25-27(28)29(37(4,5)6)30(34(53)54)48(25)35(55)56)40-31(50)22(10-13-26(49)46-16-14-45(7)15-17-46)41-32(51)33(52)42-23-18-20(38)8-11-24(23)47-19-39-43-44-47/h8-9,11-12,18-19,22H,10,13-17H2,1-7H3,(H,40,50)(H,41,51)(H,42,52)(H,53,54)(H,55,56)/t22-/m0/s1. The molecule has 5 rings (SSSR count). The summed E-state index contributed by atoms with van der Waals surface area (Å²) in [6.45, 7) is 13.1. The van der Waals surface area contributed by atoms with Crippen LogP contribution < -0.4 is 16.0 Å². The highest BCUT2D eigenvalue weighted by Crippen LogP contribution is 2.44. The number of fused-ring (bicyclic) bond motifs is 1. The van der Waals surface area contributed by atoms with Crippen LogP contribution in [-0.4, -0.2) is 120 Å². The number of carbonyl (C=O) groups is 6. The molecule has 0 aliphatic carbocycles. The number of tetrazole rings is 1. The molecule has 0 bridgehead atoms. The van der Waals surface area contributed by atoms with Crippen molar-refractivity contribution >= 4 is 69.6 Å². The normalized spacial score (nSPS) is 14.3. The molecule has 4 aromatic rings. The molecular formula is C37H45ClN10O8. The van der Waals surface area contributed by atoms with Crippen molar-refractivity contribution in [3.8, 4) is 5.69 Å². The summed E-state index contributed by atoms with van der Waals surface area (Å²) in [6, 6.07) is 5.95. The van der Waals surface area contributed by atoms with Crippen molar-refractivity contribution in [2.75, 3.05) is 43.9 Å². The van der Waals surface area contributed by atoms with E-state index in [1.165, 1.54) is 35.3 Å². The van der Waals surface area contributed by atoms with E-state index in [1.54, 1.807) is 31.7 Å². The number of hydrogen-bond donors (Lipinski definition) is 5. The van der Waals surface area contributed by atoms with Crippen LogP contribution in [0.4, 0.5) is 16.2 Å². The number of benzene rings is 2. The largest absolute Gasteiger partial charge is 0.477 e. The molecule has 0 spiro atoms. The van der Waals surface area contributed by atoms with Crippen molar-refractivity contribution in [2.24, 2.45) is 0 Å². The van der Waals surface area contributed by atoms with Crippen LogP contribution in [0.3, 0.4) is 0 Å². The number of nitrogens with zero attached hydrogens (tertiary/aromatic N) is 7. The van der Waals surface area contributed by atoms with Crippen molar-refractivity contribution in [1.29, 1.82) is 0 Å². The molecule has 1 saturated heterocycles. The van der Waals surface area contributed by atoms with Gasteiger partial charge in [-0.05, 0) is 76.2 Å². The van der Waals surface area contributed by atoms with Crippen LogP contribution in [0.15, 0.2) is 36.7 Å². The first-order valence-electron chi connectivity index (χ1n) is 17.8. The zero-order valence-corrected chi connectivity index (χ0v) is 32.9. The summed E-state index contributed by atoms with van der Waals surface area (Å²) in [5.41, 5.74) is -0.645. The Bertz CT molecular complexity index is 2200. The van der Waals surface area contributed by atoms with Gasteiger partial charge in [0.25, 0.3) is 0 Å². The summed E-state index contributed by atoms with van der Waals surface area (Å²) < 4.78 is 1.98. The molecule has 1 atom stereocenters. The lowest BCUT2D eigenvalue weighted by atomic mass is 9.77. The minimum Gasteiger partial charge on any atom is -0.477 e. The maximum atomic E-state index is 14.3. The van der Waals surface area contributed by atoms with E-state index in [-0.39, 0.29) is 46.2 Å². The zero-order valence-electron chi connectivity index (χ0n) is 32.1. The average Bonchev–Trinajstić information content (AvgIpc) is 3.76. The van der Waals surface area contributed by atoms with Gasteiger partial charge in [-0.1, -0.05) is 53.1 Å². The fraction of sp³-hybridized carbons (Fsp3) is 0.432. The molecule has 0 saturated carbocycles. The number of carbonyl (C=O) groups excluding carboxylic acids is 4. The number of anilines is 2. The molecule has 4 amide bonds. The van der Waals surface area contributed by atoms with E-state index in [9.17, 15) is 39.0 Å². The third-order valence-corrected chi connectivity index (χ3v) is 9.66. The second-order valence-electron chi connectivity index (χ2n) is 15.6. The quantitative estimate of drug-likeness (QED) is 0.153. The Labute approximate surface area is 327 Å². The van der Waals surface area contributed by atoms with Gasteiger partial charge >= 0.3 is 23.9 Å². The Hall–Kier alpha value is -5.88. The maximum absolute atomic E-state index is 14.3. The number of amides is 4. The number of likely N-dealkylation sites (N-methyl/N-ethyl adjacent to an activating group) is 1. The lowest BCUT2D eigenvalue weighted by molar-refractivity contribution is -0.138. The Kier molecular flexibility index (Phi) is 11.9. The third kappa shape index (κ3) is 8.81. The smallest absolute Gasteiger partial charge is 0.416 e. The summed E-state index contributed by atoms with van der Waals surface area (Å²) in [4.78, 5) is 83.3. The van der Waals surface area contributed by atoms with Crippen molar-refractivity contribution in [3.05, 3.63) is 58.5 Å². The summed E-state index contributed by atoms with van der Waals surface area (Å²) in [5.74, 6) is -4.78. The highest BCUT2D eigenvalue weighted by Gasteiger charge is 2.37. The van der Waals surface area contributed by atoms with E-state index in [2.05, 4.69) is 36.4 Å². The minimum atomic E-state index is -1.49. The van der Waals surface area contributed by atoms with Crippen LogP contribution in [0.5, 0.6) is 0 Å². The molecule has 2 aromatic carbocycles. The lowest BCUT2D eigenvalue weighted by Gasteiger charge is -2.32. The van der Waals surface area contributed by atoms with Crippen LogP contribution in [0.2, 0.25) is 5.02 Å². The average molecular weight is 793 g/mol. The molecule has 0 radical (unpaired) electrons. The second kappa shape index (κ2) is 16.1. The predicted molar refractivity (Wildman–Crippen MR) is 206 cm³/mol. The van der Waals surface area contributed by atoms with Crippen molar-refractivity contribution < 1.29 is 39.0 Å². The number of nitrogens with one attached hydrogen (secondary N) is 3. The molecule has 0 unspecified atom stereocenters. The SMILES string of the molecule is CN1CCN(C(=O)CC[C@H](NC(=O)C(=O)Nc2cc(Cl)ccc2-n2cnnn2)C(=O)Nc2ccc3c(c2C(C)(C)C)c(C(C)(C)C)c(C(=O)O)n3C(=O)O)CC1. The summed E-state index contributed by atoms with van der Waals surface area (Å²) in [5, 5.41) is 39.9. The van der Waals surface area contributed by atoms with Gasteiger partial charge in [0.05, 0.1) is 16.9 Å². The second-order valence-corrected chi connectivity index (χ2v) is 16.1. The molecule has 1 fully saturated rings. The molecule has 18 nitrogen and oxygen atoms in total. The predicted octanol–water partition coefficient (Wildman–Crippen LogP) is 3.71. The monoisotopic (exact) mass is 792 g/mol. The number of hydrogen-bond acceptors (Lipinski definition) is 10. The number of aromatic nitrogens is 5. The van der Waals surface area contributed by atoms with Gasteiger partial charge in [-0.25, -0.2) is 14.2 Å². The van der Waals surface area contributed by atoms with E-state index in [4.69, 9.17) is 11.6 Å². The van der Waals surface area contributed by atoms with Gasteiger partial charge in [-0.2, -0.15) is 4.68 Å². The Morgan fingerprint density at radius 3 is 2.09 bits per heavy atom. The number of aromatic carboxylic acids is 1. The highest BCUT2D eigenvalue weighted by molar-refractivity contribution is 6.40. The molecule has 2 aromatic heterocycles. The number of carboxylic acid groups (broad SMARTS) is 2. The fourth-order valence-corrected chi connectivity index (χ4v) is 7.02. The fourth-order valence-electron chi connectivity index (χ4n) is 6.85. The van der Waals surface area contributed by atoms with Crippen LogP contribution in [0, 0.1) is 0 Å². The first kappa shape index (κ1) is 41.3.